The van der Waals surface area contributed by atoms with Gasteiger partial charge in [-0.2, -0.15) is 0 Å². The third-order valence-corrected chi connectivity index (χ3v) is 4.40. The molecule has 0 aromatic rings. The van der Waals surface area contributed by atoms with E-state index in [-0.39, 0.29) is 18.2 Å². The summed E-state index contributed by atoms with van der Waals surface area (Å²) in [7, 11) is 1.68. The van der Waals surface area contributed by atoms with E-state index in [0.717, 1.165) is 37.9 Å². The Labute approximate surface area is 162 Å². The molecule has 0 heterocycles. The molecule has 0 fully saturated rings. The number of carbonyl (C=O) groups excluding carboxylic acids is 1. The van der Waals surface area contributed by atoms with Gasteiger partial charge in [0.15, 0.2) is 0 Å². The van der Waals surface area contributed by atoms with Crippen LogP contribution >= 0.6 is 0 Å². The summed E-state index contributed by atoms with van der Waals surface area (Å²) in [6.45, 7) is 5.13. The highest BCUT2D eigenvalue weighted by Crippen LogP contribution is 2.18. The van der Waals surface area contributed by atoms with Crippen molar-refractivity contribution >= 4 is 5.97 Å². The normalized spacial score (nSPS) is 21.4. The molecule has 0 saturated carbocycles. The Morgan fingerprint density at radius 3 is 2.48 bits per heavy atom. The fraction of sp³-hybridized carbons (Fsp3) is 0.500. The Balaban J connectivity index is 1.51. The maximum atomic E-state index is 10.9. The van der Waals surface area contributed by atoms with Crippen molar-refractivity contribution in [2.45, 2.75) is 44.3 Å². The number of hydrogen-bond acceptors (Lipinski definition) is 5. The molecule has 2 aliphatic carbocycles. The van der Waals surface area contributed by atoms with Crippen LogP contribution in [0.25, 0.3) is 0 Å². The second-order valence-electron chi connectivity index (χ2n) is 6.47. The van der Waals surface area contributed by atoms with E-state index in [1.54, 1.807) is 7.11 Å². The number of unbranched alkanes of at least 4 members (excludes halogenated alkanes) is 2. The minimum Gasteiger partial charge on any atom is -0.497 e. The summed E-state index contributed by atoms with van der Waals surface area (Å²) in [6, 6.07) is 0. The molecule has 0 aliphatic heterocycles. The van der Waals surface area contributed by atoms with Gasteiger partial charge in [-0.3, -0.25) is 0 Å². The van der Waals surface area contributed by atoms with Crippen LogP contribution in [0.2, 0.25) is 0 Å². The van der Waals surface area contributed by atoms with Gasteiger partial charge in [-0.15, -0.1) is 0 Å². The van der Waals surface area contributed by atoms with Crippen LogP contribution in [0.15, 0.2) is 60.4 Å². The number of rotatable bonds is 12. The van der Waals surface area contributed by atoms with Crippen molar-refractivity contribution in [2.24, 2.45) is 0 Å². The zero-order chi connectivity index (χ0) is 19.3. The molecule has 2 rings (SSSR count). The smallest absolute Gasteiger partial charge is 0.330 e. The third kappa shape index (κ3) is 8.41. The van der Waals surface area contributed by atoms with Crippen LogP contribution in [-0.2, 0) is 23.7 Å². The van der Waals surface area contributed by atoms with E-state index >= 15 is 0 Å². The van der Waals surface area contributed by atoms with E-state index in [0.29, 0.717) is 19.8 Å². The van der Waals surface area contributed by atoms with Crippen LogP contribution in [-0.4, -0.2) is 45.1 Å². The van der Waals surface area contributed by atoms with Gasteiger partial charge in [-0.25, -0.2) is 4.79 Å². The van der Waals surface area contributed by atoms with Crippen LogP contribution in [0.5, 0.6) is 0 Å². The molecule has 5 nitrogen and oxygen atoms in total. The topological polar surface area (TPSA) is 54.0 Å². The van der Waals surface area contributed by atoms with Crippen LogP contribution in [0.3, 0.4) is 0 Å². The molecule has 0 spiro atoms. The lowest BCUT2D eigenvalue weighted by molar-refractivity contribution is -0.137. The van der Waals surface area contributed by atoms with Crippen molar-refractivity contribution in [3.63, 3.8) is 0 Å². The molecule has 2 aliphatic rings. The molecule has 0 saturated heterocycles. The number of esters is 1. The SMILES string of the molecule is C=CC(=O)OCCCCCOC1C=CC(COC2C=CC(OC)=CC2)=CC1. The highest BCUT2D eigenvalue weighted by molar-refractivity contribution is 5.81. The van der Waals surface area contributed by atoms with Gasteiger partial charge in [0.2, 0.25) is 0 Å². The van der Waals surface area contributed by atoms with Crippen molar-refractivity contribution in [1.29, 1.82) is 0 Å². The molecule has 27 heavy (non-hydrogen) atoms. The summed E-state index contributed by atoms with van der Waals surface area (Å²) < 4.78 is 21.9. The summed E-state index contributed by atoms with van der Waals surface area (Å²) >= 11 is 0. The Kier molecular flexibility index (Phi) is 9.66. The second kappa shape index (κ2) is 12.3. The minimum absolute atomic E-state index is 0.109. The summed E-state index contributed by atoms with van der Waals surface area (Å²) in [5, 5.41) is 0. The highest BCUT2D eigenvalue weighted by atomic mass is 16.5. The molecule has 148 valence electrons. The Morgan fingerprint density at radius 1 is 1.07 bits per heavy atom. The monoisotopic (exact) mass is 374 g/mol. The molecule has 5 heteroatoms. The second-order valence-corrected chi connectivity index (χ2v) is 6.47. The lowest BCUT2D eigenvalue weighted by atomic mass is 10.1. The van der Waals surface area contributed by atoms with Gasteiger partial charge in [-0.05, 0) is 49.8 Å². The first-order chi connectivity index (χ1) is 13.2. The average molecular weight is 374 g/mol. The number of carbonyl (C=O) groups is 1. The van der Waals surface area contributed by atoms with Gasteiger partial charge >= 0.3 is 5.97 Å². The van der Waals surface area contributed by atoms with Gasteiger partial charge in [0, 0.05) is 12.7 Å². The van der Waals surface area contributed by atoms with Gasteiger partial charge in [-0.1, -0.05) is 30.9 Å². The van der Waals surface area contributed by atoms with E-state index in [4.69, 9.17) is 18.9 Å². The van der Waals surface area contributed by atoms with Crippen LogP contribution in [0.4, 0.5) is 0 Å². The standard InChI is InChI=1S/C22H30O5/c1-3-22(23)26-16-6-4-5-15-25-20-9-7-18(8-10-20)17-27-21-13-11-19(24-2)12-14-21/h3,7-9,11-13,20-21H,1,4-6,10,14-17H2,2H3. The van der Waals surface area contributed by atoms with Crippen LogP contribution in [0.1, 0.15) is 32.1 Å². The lowest BCUT2D eigenvalue weighted by Gasteiger charge is -2.20. The van der Waals surface area contributed by atoms with E-state index < -0.39 is 0 Å². The number of methoxy groups -OCH3 is 1. The lowest BCUT2D eigenvalue weighted by Crippen LogP contribution is -2.16. The first-order valence-electron chi connectivity index (χ1n) is 9.53. The molecule has 2 atom stereocenters. The van der Waals surface area contributed by atoms with Crippen molar-refractivity contribution < 1.29 is 23.7 Å². The zero-order valence-electron chi connectivity index (χ0n) is 16.1. The highest BCUT2D eigenvalue weighted by Gasteiger charge is 2.12. The molecular weight excluding hydrogens is 344 g/mol. The Morgan fingerprint density at radius 2 is 1.81 bits per heavy atom. The fourth-order valence-electron chi connectivity index (χ4n) is 2.78. The van der Waals surface area contributed by atoms with Crippen molar-refractivity contribution in [1.82, 2.24) is 0 Å². The zero-order valence-corrected chi connectivity index (χ0v) is 16.1. The minimum atomic E-state index is -0.360. The van der Waals surface area contributed by atoms with Gasteiger partial charge < -0.3 is 18.9 Å². The number of hydrogen-bond donors (Lipinski definition) is 0. The van der Waals surface area contributed by atoms with Crippen molar-refractivity contribution in [3.05, 3.63) is 60.4 Å². The molecule has 2 unspecified atom stereocenters. The maximum Gasteiger partial charge on any atom is 0.330 e. The van der Waals surface area contributed by atoms with E-state index in [1.807, 2.05) is 18.2 Å². The van der Waals surface area contributed by atoms with E-state index in [1.165, 1.54) is 11.6 Å². The predicted molar refractivity (Wildman–Crippen MR) is 105 cm³/mol. The van der Waals surface area contributed by atoms with Crippen molar-refractivity contribution in [2.75, 3.05) is 26.9 Å². The average Bonchev–Trinajstić information content (AvgIpc) is 2.72. The molecule has 0 amide bonds. The number of ether oxygens (including phenoxy) is 4. The van der Waals surface area contributed by atoms with Crippen LogP contribution < -0.4 is 0 Å². The first-order valence-corrected chi connectivity index (χ1v) is 9.53. The summed E-state index contributed by atoms with van der Waals surface area (Å²) in [5.41, 5.74) is 1.19. The van der Waals surface area contributed by atoms with Gasteiger partial charge in [0.1, 0.15) is 5.76 Å². The Hall–Kier alpha value is -2.11. The quantitative estimate of drug-likeness (QED) is 0.293. The fourth-order valence-corrected chi connectivity index (χ4v) is 2.78. The van der Waals surface area contributed by atoms with Crippen molar-refractivity contribution in [3.8, 4) is 0 Å². The first kappa shape index (κ1) is 21.2. The molecule has 0 aromatic heterocycles. The van der Waals surface area contributed by atoms with Gasteiger partial charge in [0.25, 0.3) is 0 Å². The molecular formula is C22H30O5. The van der Waals surface area contributed by atoms with Gasteiger partial charge in [0.05, 0.1) is 32.5 Å². The molecule has 0 aromatic carbocycles. The van der Waals surface area contributed by atoms with Crippen LogP contribution in [0, 0.1) is 0 Å². The third-order valence-electron chi connectivity index (χ3n) is 4.40. The molecule has 0 bridgehead atoms. The summed E-state index contributed by atoms with van der Waals surface area (Å²) in [5.74, 6) is 0.533. The molecule has 0 radical (unpaired) electrons. The summed E-state index contributed by atoms with van der Waals surface area (Å²) in [6.07, 6.45) is 18.3. The van der Waals surface area contributed by atoms with E-state index in [2.05, 4.69) is 24.8 Å². The predicted octanol–water partition coefficient (Wildman–Crippen LogP) is 4.03. The number of allylic oxidation sites excluding steroid dienone is 1. The Bertz CT molecular complexity index is 600. The largest absolute Gasteiger partial charge is 0.497 e. The maximum absolute atomic E-state index is 10.9. The summed E-state index contributed by atoms with van der Waals surface area (Å²) in [4.78, 5) is 10.9. The van der Waals surface area contributed by atoms with E-state index in [9.17, 15) is 4.79 Å². The molecule has 0 N–H and O–H groups in total.